The van der Waals surface area contributed by atoms with Crippen molar-refractivity contribution >= 4 is 17.5 Å². The van der Waals surface area contributed by atoms with Gasteiger partial charge in [-0.15, -0.1) is 0 Å². The molecule has 4 fully saturated rings. The standard InChI is InChI=1S/C25H29F3O4/c1-12-10-17-19-16(7-9-22(17,5)24(12,13(2)29)32-14(3)30)21(4)8-6-15(31)11-18(21)23(26)20(19)25(23,27)28/h11,16-17,19-20H,1,6-10H2,2-5H3. The molecule has 32 heavy (non-hydrogen) atoms. The Morgan fingerprint density at radius 3 is 2.38 bits per heavy atom. The minimum absolute atomic E-state index is 0.0317. The second kappa shape index (κ2) is 5.95. The molecule has 0 heterocycles. The quantitative estimate of drug-likeness (QED) is 0.449. The fourth-order valence-corrected chi connectivity index (χ4v) is 8.56. The molecule has 5 rings (SSSR count). The molecule has 5 aliphatic carbocycles. The van der Waals surface area contributed by atoms with Gasteiger partial charge in [0, 0.05) is 18.8 Å². The number of alkyl halides is 3. The van der Waals surface area contributed by atoms with Gasteiger partial charge in [0.05, 0.1) is 5.92 Å². The summed E-state index contributed by atoms with van der Waals surface area (Å²) in [6, 6.07) is 0. The van der Waals surface area contributed by atoms with Crippen molar-refractivity contribution in [2.75, 3.05) is 0 Å². The Morgan fingerprint density at radius 1 is 1.12 bits per heavy atom. The van der Waals surface area contributed by atoms with Gasteiger partial charge in [-0.2, -0.15) is 0 Å². The Kier molecular flexibility index (Phi) is 4.07. The molecule has 0 amide bonds. The molecular weight excluding hydrogens is 421 g/mol. The summed E-state index contributed by atoms with van der Waals surface area (Å²) in [4.78, 5) is 37.0. The molecule has 0 N–H and O–H groups in total. The Bertz CT molecular complexity index is 1020. The number of esters is 1. The highest BCUT2D eigenvalue weighted by Crippen LogP contribution is 2.82. The zero-order chi connectivity index (χ0) is 23.6. The topological polar surface area (TPSA) is 60.4 Å². The number of fused-ring (bicyclic) bond motifs is 8. The fraction of sp³-hybridized carbons (Fsp3) is 0.720. The third-order valence-electron chi connectivity index (χ3n) is 9.91. The summed E-state index contributed by atoms with van der Waals surface area (Å²) in [5.41, 5.74) is -5.82. The van der Waals surface area contributed by atoms with E-state index in [1.165, 1.54) is 13.8 Å². The lowest BCUT2D eigenvalue weighted by Gasteiger charge is -2.58. The first kappa shape index (κ1) is 21.9. The molecule has 0 aromatic rings. The first-order chi connectivity index (χ1) is 14.7. The van der Waals surface area contributed by atoms with E-state index in [4.69, 9.17) is 4.74 Å². The fourth-order valence-electron chi connectivity index (χ4n) is 8.56. The van der Waals surface area contributed by atoms with Crippen molar-refractivity contribution in [2.45, 2.75) is 77.0 Å². The Morgan fingerprint density at radius 2 is 1.78 bits per heavy atom. The number of ketones is 2. The zero-order valence-corrected chi connectivity index (χ0v) is 18.9. The maximum Gasteiger partial charge on any atom is 0.303 e. The Balaban J connectivity index is 1.68. The molecule has 0 aliphatic heterocycles. The average Bonchev–Trinajstić information content (AvgIpc) is 3.03. The highest BCUT2D eigenvalue weighted by atomic mass is 19.3. The molecule has 0 aromatic heterocycles. The van der Waals surface area contributed by atoms with Crippen LogP contribution in [0.25, 0.3) is 0 Å². The molecule has 0 bridgehead atoms. The SMILES string of the molecule is C=C1CC2C3C(CCC2(C)C1(OC(C)=O)C(C)=O)C1(C)CCC(=O)C=C1C1(F)C3C1(F)F. The van der Waals surface area contributed by atoms with Crippen LogP contribution in [-0.4, -0.2) is 34.7 Å². The normalized spacial score (nSPS) is 50.4. The van der Waals surface area contributed by atoms with Crippen LogP contribution in [0.5, 0.6) is 0 Å². The van der Waals surface area contributed by atoms with Gasteiger partial charge in [0.25, 0.3) is 5.92 Å². The van der Waals surface area contributed by atoms with E-state index in [-0.39, 0.29) is 35.9 Å². The van der Waals surface area contributed by atoms with E-state index in [1.54, 1.807) is 0 Å². The molecule has 5 aliphatic rings. The number of allylic oxidation sites excluding steroid dienone is 1. The van der Waals surface area contributed by atoms with E-state index in [0.717, 1.165) is 6.08 Å². The molecule has 0 spiro atoms. The van der Waals surface area contributed by atoms with Crippen molar-refractivity contribution in [1.29, 1.82) is 0 Å². The molecule has 4 nitrogen and oxygen atoms in total. The van der Waals surface area contributed by atoms with Crippen LogP contribution >= 0.6 is 0 Å². The second-order valence-electron chi connectivity index (χ2n) is 11.1. The van der Waals surface area contributed by atoms with Gasteiger partial charge in [0.2, 0.25) is 5.67 Å². The summed E-state index contributed by atoms with van der Waals surface area (Å²) < 4.78 is 52.3. The van der Waals surface area contributed by atoms with Gasteiger partial charge in [-0.3, -0.25) is 14.4 Å². The lowest BCUT2D eigenvalue weighted by Crippen LogP contribution is -2.60. The van der Waals surface area contributed by atoms with Crippen molar-refractivity contribution in [1.82, 2.24) is 0 Å². The molecule has 8 atom stereocenters. The zero-order valence-electron chi connectivity index (χ0n) is 18.9. The first-order valence-electron chi connectivity index (χ1n) is 11.4. The number of hydrogen-bond donors (Lipinski definition) is 0. The maximum atomic E-state index is 16.1. The van der Waals surface area contributed by atoms with Crippen LogP contribution in [-0.2, 0) is 19.1 Å². The van der Waals surface area contributed by atoms with Crippen molar-refractivity contribution in [3.05, 3.63) is 23.8 Å². The van der Waals surface area contributed by atoms with Gasteiger partial charge in [-0.1, -0.05) is 20.4 Å². The molecular formula is C25H29F3O4. The van der Waals surface area contributed by atoms with Gasteiger partial charge >= 0.3 is 5.97 Å². The number of ether oxygens (including phenoxy) is 1. The Labute approximate surface area is 185 Å². The summed E-state index contributed by atoms with van der Waals surface area (Å²) in [6.45, 7) is 10.3. The molecule has 4 saturated carbocycles. The summed E-state index contributed by atoms with van der Waals surface area (Å²) in [5.74, 6) is -7.82. The van der Waals surface area contributed by atoms with E-state index >= 15 is 13.2 Å². The van der Waals surface area contributed by atoms with Gasteiger partial charge in [-0.25, -0.2) is 13.2 Å². The number of Topliss-reactive ketones (excluding diaryl/α,β-unsaturated/α-hetero) is 1. The van der Waals surface area contributed by atoms with Crippen molar-refractivity contribution < 1.29 is 32.3 Å². The van der Waals surface area contributed by atoms with E-state index in [2.05, 4.69) is 6.58 Å². The molecule has 7 heteroatoms. The smallest absolute Gasteiger partial charge is 0.303 e. The Hall–Kier alpha value is -1.92. The number of carbonyl (C=O) groups excluding carboxylic acids is 3. The minimum Gasteiger partial charge on any atom is -0.446 e. The molecule has 0 aromatic carbocycles. The molecule has 8 unspecified atom stereocenters. The second-order valence-corrected chi connectivity index (χ2v) is 11.1. The lowest BCUT2D eigenvalue weighted by molar-refractivity contribution is -0.183. The van der Waals surface area contributed by atoms with Crippen LogP contribution in [0.2, 0.25) is 0 Å². The highest BCUT2D eigenvalue weighted by Gasteiger charge is 2.92. The number of hydrogen-bond acceptors (Lipinski definition) is 4. The number of halogens is 3. The number of rotatable bonds is 2. The van der Waals surface area contributed by atoms with Crippen molar-refractivity contribution in [3.63, 3.8) is 0 Å². The first-order valence-corrected chi connectivity index (χ1v) is 11.4. The van der Waals surface area contributed by atoms with E-state index in [9.17, 15) is 14.4 Å². The molecule has 0 saturated heterocycles. The third kappa shape index (κ3) is 2.10. The van der Waals surface area contributed by atoms with Crippen LogP contribution in [0.1, 0.15) is 59.8 Å². The van der Waals surface area contributed by atoms with Crippen LogP contribution in [0, 0.1) is 34.5 Å². The molecule has 174 valence electrons. The van der Waals surface area contributed by atoms with E-state index in [1.807, 2.05) is 13.8 Å². The van der Waals surface area contributed by atoms with Crippen molar-refractivity contribution in [2.24, 2.45) is 34.5 Å². The maximum absolute atomic E-state index is 16.1. The monoisotopic (exact) mass is 450 g/mol. The molecule has 0 radical (unpaired) electrons. The van der Waals surface area contributed by atoms with Gasteiger partial charge < -0.3 is 4.74 Å². The minimum atomic E-state index is -3.57. The summed E-state index contributed by atoms with van der Waals surface area (Å²) in [7, 11) is 0. The summed E-state index contributed by atoms with van der Waals surface area (Å²) >= 11 is 0. The van der Waals surface area contributed by atoms with Crippen LogP contribution in [0.4, 0.5) is 13.2 Å². The van der Waals surface area contributed by atoms with E-state index in [0.29, 0.717) is 24.8 Å². The van der Waals surface area contributed by atoms with Gasteiger partial charge in [0.1, 0.15) is 0 Å². The highest BCUT2D eigenvalue weighted by molar-refractivity contribution is 5.93. The predicted octanol–water partition coefficient (Wildman–Crippen LogP) is 4.77. The third-order valence-corrected chi connectivity index (χ3v) is 9.91. The van der Waals surface area contributed by atoms with Crippen molar-refractivity contribution in [3.8, 4) is 0 Å². The van der Waals surface area contributed by atoms with Crippen LogP contribution < -0.4 is 0 Å². The lowest BCUT2D eigenvalue weighted by atomic mass is 9.46. The largest absolute Gasteiger partial charge is 0.446 e. The number of carbonyl (C=O) groups is 3. The predicted molar refractivity (Wildman–Crippen MR) is 109 cm³/mol. The van der Waals surface area contributed by atoms with Crippen LogP contribution in [0.15, 0.2) is 23.8 Å². The van der Waals surface area contributed by atoms with Gasteiger partial charge in [0.15, 0.2) is 17.2 Å². The summed E-state index contributed by atoms with van der Waals surface area (Å²) in [5, 5.41) is 0. The van der Waals surface area contributed by atoms with Gasteiger partial charge in [-0.05, 0) is 73.0 Å². The summed E-state index contributed by atoms with van der Waals surface area (Å²) in [6.07, 6.45) is 2.91. The van der Waals surface area contributed by atoms with E-state index < -0.39 is 51.7 Å². The van der Waals surface area contributed by atoms with Crippen LogP contribution in [0.3, 0.4) is 0 Å². The average molecular weight is 450 g/mol.